The Bertz CT molecular complexity index is 1480. The van der Waals surface area contributed by atoms with Crippen molar-refractivity contribution in [2.45, 2.75) is 25.4 Å². The molecule has 2 saturated heterocycles. The van der Waals surface area contributed by atoms with Crippen LogP contribution in [0.3, 0.4) is 0 Å². The number of urea groups is 1. The quantitative estimate of drug-likeness (QED) is 0.345. The van der Waals surface area contributed by atoms with Crippen LogP contribution < -0.4 is 15.6 Å². The van der Waals surface area contributed by atoms with Gasteiger partial charge in [-0.1, -0.05) is 30.3 Å². The Labute approximate surface area is 240 Å². The average molecular weight is 556 g/mol. The number of rotatable bonds is 7. The highest BCUT2D eigenvalue weighted by Gasteiger charge is 2.26. The summed E-state index contributed by atoms with van der Waals surface area (Å²) >= 11 is 0. The van der Waals surface area contributed by atoms with E-state index in [0.717, 1.165) is 68.0 Å². The summed E-state index contributed by atoms with van der Waals surface area (Å²) in [7, 11) is 3.55. The number of ether oxygens (including phenoxy) is 1. The first kappa shape index (κ1) is 27.1. The van der Waals surface area contributed by atoms with Crippen molar-refractivity contribution in [1.29, 1.82) is 0 Å². The Hall–Kier alpha value is -4.06. The molecular formula is C30H37N9O2. The molecule has 0 aliphatic carbocycles. The fourth-order valence-electron chi connectivity index (χ4n) is 5.79. The normalized spacial score (nSPS) is 16.9. The Balaban J connectivity index is 1.31. The molecule has 41 heavy (non-hydrogen) atoms. The number of nitrogens with two attached hydrogens (primary N) is 1. The molecule has 2 aromatic carbocycles. The summed E-state index contributed by atoms with van der Waals surface area (Å²) in [5.74, 6) is 1.52. The summed E-state index contributed by atoms with van der Waals surface area (Å²) in [5.41, 5.74) is 9.33. The fraction of sp³-hybridized carbons (Fsp3) is 0.400. The van der Waals surface area contributed by atoms with Gasteiger partial charge in [0.15, 0.2) is 11.5 Å². The van der Waals surface area contributed by atoms with Crippen molar-refractivity contribution in [3.05, 3.63) is 66.4 Å². The summed E-state index contributed by atoms with van der Waals surface area (Å²) < 4.78 is 7.73. The second-order valence-corrected chi connectivity index (χ2v) is 10.8. The van der Waals surface area contributed by atoms with E-state index in [0.29, 0.717) is 24.7 Å². The Morgan fingerprint density at radius 1 is 0.976 bits per heavy atom. The van der Waals surface area contributed by atoms with Crippen LogP contribution in [0.15, 0.2) is 60.8 Å². The van der Waals surface area contributed by atoms with E-state index in [2.05, 4.69) is 44.8 Å². The van der Waals surface area contributed by atoms with E-state index in [4.69, 9.17) is 25.5 Å². The van der Waals surface area contributed by atoms with E-state index in [1.54, 1.807) is 19.1 Å². The van der Waals surface area contributed by atoms with Crippen molar-refractivity contribution in [2.75, 3.05) is 63.4 Å². The maximum atomic E-state index is 12.0. The second-order valence-electron chi connectivity index (χ2n) is 10.8. The minimum absolute atomic E-state index is 0.270. The number of morpholine rings is 1. The molecule has 214 valence electrons. The molecule has 11 heteroatoms. The fourth-order valence-corrected chi connectivity index (χ4v) is 5.79. The van der Waals surface area contributed by atoms with Crippen molar-refractivity contribution in [1.82, 2.24) is 29.7 Å². The van der Waals surface area contributed by atoms with E-state index in [9.17, 15) is 4.79 Å². The molecule has 2 aromatic heterocycles. The van der Waals surface area contributed by atoms with Crippen molar-refractivity contribution in [3.63, 3.8) is 0 Å². The first-order valence-corrected chi connectivity index (χ1v) is 14.2. The zero-order chi connectivity index (χ0) is 28.3. The van der Waals surface area contributed by atoms with Crippen molar-refractivity contribution in [2.24, 2.45) is 5.73 Å². The molecule has 4 aromatic rings. The molecule has 11 nitrogen and oxygen atoms in total. The number of carbonyl (C=O) groups is 1. The van der Waals surface area contributed by atoms with E-state index in [-0.39, 0.29) is 6.04 Å². The van der Waals surface area contributed by atoms with Gasteiger partial charge in [0.2, 0.25) is 0 Å². The third-order valence-electron chi connectivity index (χ3n) is 7.88. The molecule has 2 aliphatic heterocycles. The van der Waals surface area contributed by atoms with E-state index in [1.807, 2.05) is 30.5 Å². The zero-order valence-electron chi connectivity index (χ0n) is 23.7. The van der Waals surface area contributed by atoms with Gasteiger partial charge in [-0.3, -0.25) is 4.90 Å². The molecule has 0 radical (unpaired) electrons. The molecule has 6 rings (SSSR count). The van der Waals surface area contributed by atoms with E-state index < -0.39 is 6.03 Å². The number of hydrogen-bond acceptors (Lipinski definition) is 8. The summed E-state index contributed by atoms with van der Waals surface area (Å²) in [4.78, 5) is 26.9. The Morgan fingerprint density at radius 3 is 2.34 bits per heavy atom. The predicted octanol–water partition coefficient (Wildman–Crippen LogP) is 3.53. The number of likely N-dealkylation sites (tertiary alicyclic amines) is 1. The molecule has 0 atom stereocenters. The summed E-state index contributed by atoms with van der Waals surface area (Å²) in [6.07, 6.45) is 3.95. The van der Waals surface area contributed by atoms with Gasteiger partial charge in [0.1, 0.15) is 5.82 Å². The first-order chi connectivity index (χ1) is 20.0. The predicted molar refractivity (Wildman–Crippen MR) is 160 cm³/mol. The molecule has 2 N–H and O–H groups in total. The van der Waals surface area contributed by atoms with Crippen molar-refractivity contribution >= 4 is 28.6 Å². The monoisotopic (exact) mass is 555 g/mol. The van der Waals surface area contributed by atoms with Gasteiger partial charge in [-0.05, 0) is 42.7 Å². The summed E-state index contributed by atoms with van der Waals surface area (Å²) in [5, 5.41) is 8.89. The van der Waals surface area contributed by atoms with E-state index >= 15 is 0 Å². The molecule has 4 heterocycles. The van der Waals surface area contributed by atoms with Crippen molar-refractivity contribution < 1.29 is 9.53 Å². The number of primary amides is 1. The number of piperidine rings is 1. The lowest BCUT2D eigenvalue weighted by Gasteiger charge is -2.32. The largest absolute Gasteiger partial charge is 0.378 e. The number of anilines is 2. The van der Waals surface area contributed by atoms with Crippen LogP contribution in [0.4, 0.5) is 16.3 Å². The molecule has 0 saturated carbocycles. The number of amides is 2. The van der Waals surface area contributed by atoms with Crippen LogP contribution >= 0.6 is 0 Å². The summed E-state index contributed by atoms with van der Waals surface area (Å²) in [6.45, 7) is 5.86. The highest BCUT2D eigenvalue weighted by molar-refractivity contribution is 5.91. The Kier molecular flexibility index (Phi) is 7.82. The zero-order valence-corrected chi connectivity index (χ0v) is 23.7. The van der Waals surface area contributed by atoms with Crippen LogP contribution in [0.2, 0.25) is 0 Å². The number of hydrogen-bond donors (Lipinski definition) is 1. The molecule has 2 aliphatic rings. The molecule has 0 unspecified atom stereocenters. The molecular weight excluding hydrogens is 518 g/mol. The van der Waals surface area contributed by atoms with Crippen LogP contribution in [0.25, 0.3) is 22.4 Å². The third kappa shape index (κ3) is 5.74. The van der Waals surface area contributed by atoms with E-state index in [1.165, 1.54) is 10.6 Å². The number of nitrogens with zero attached hydrogens (tertiary/aromatic N) is 8. The summed E-state index contributed by atoms with van der Waals surface area (Å²) in [6, 6.07) is 18.0. The number of fused-ring (bicyclic) bond motifs is 1. The second kappa shape index (κ2) is 11.8. The van der Waals surface area contributed by atoms with Crippen LogP contribution in [0.1, 0.15) is 24.4 Å². The van der Waals surface area contributed by atoms with Crippen LogP contribution in [-0.2, 0) is 11.3 Å². The highest BCUT2D eigenvalue weighted by Crippen LogP contribution is 2.33. The Morgan fingerprint density at radius 2 is 1.68 bits per heavy atom. The smallest absolute Gasteiger partial charge is 0.334 e. The minimum atomic E-state index is -0.547. The van der Waals surface area contributed by atoms with Crippen LogP contribution in [-0.4, -0.2) is 89.2 Å². The van der Waals surface area contributed by atoms with Gasteiger partial charge < -0.3 is 15.4 Å². The lowest BCUT2D eigenvalue weighted by Crippen LogP contribution is -2.45. The van der Waals surface area contributed by atoms with Gasteiger partial charge in [-0.25, -0.2) is 29.5 Å². The van der Waals surface area contributed by atoms with Crippen LogP contribution in [0, 0.1) is 0 Å². The molecule has 2 amide bonds. The maximum Gasteiger partial charge on any atom is 0.334 e. The first-order valence-electron chi connectivity index (χ1n) is 14.2. The number of hydrazine groups is 1. The number of benzene rings is 2. The van der Waals surface area contributed by atoms with Gasteiger partial charge in [-0.2, -0.15) is 5.10 Å². The van der Waals surface area contributed by atoms with Gasteiger partial charge in [0.05, 0.1) is 36.5 Å². The van der Waals surface area contributed by atoms with Gasteiger partial charge in [0.25, 0.3) is 0 Å². The van der Waals surface area contributed by atoms with Gasteiger partial charge >= 0.3 is 6.03 Å². The SMILES string of the molecule is CN(C)N(C(N)=O)c1ccc(-c2nc(N3CCOCC3)c3cnn(C4CCN(Cc5ccccc5)CC4)c3n2)cc1. The van der Waals surface area contributed by atoms with Crippen molar-refractivity contribution in [3.8, 4) is 11.4 Å². The van der Waals surface area contributed by atoms with Crippen LogP contribution in [0.5, 0.6) is 0 Å². The molecule has 0 bridgehead atoms. The molecule has 0 spiro atoms. The lowest BCUT2D eigenvalue weighted by atomic mass is 10.0. The molecule has 2 fully saturated rings. The average Bonchev–Trinajstić information content (AvgIpc) is 3.42. The van der Waals surface area contributed by atoms with Gasteiger partial charge in [-0.15, -0.1) is 0 Å². The standard InChI is InChI=1S/C30H37N9O2/c1-35(2)39(30(31)40)25-10-8-23(9-11-25)27-33-28(37-16-18-41-19-17-37)26-20-32-38(29(26)34-27)24-12-14-36(15-13-24)21-22-6-4-3-5-7-22/h3-11,20,24H,12-19,21H2,1-2H3,(H2,31,40). The maximum absolute atomic E-state index is 12.0. The number of aromatic nitrogens is 4. The number of carbonyl (C=O) groups excluding carboxylic acids is 1. The third-order valence-corrected chi connectivity index (χ3v) is 7.88. The lowest BCUT2D eigenvalue weighted by molar-refractivity contribution is 0.122. The van der Waals surface area contributed by atoms with Gasteiger partial charge in [0, 0.05) is 52.4 Å². The minimum Gasteiger partial charge on any atom is -0.378 e. The highest BCUT2D eigenvalue weighted by atomic mass is 16.5. The topological polar surface area (TPSA) is 109 Å².